The highest BCUT2D eigenvalue weighted by Crippen LogP contribution is 2.31. The summed E-state index contributed by atoms with van der Waals surface area (Å²) in [5, 5.41) is 10.4. The van der Waals surface area contributed by atoms with Crippen LogP contribution in [0.25, 0.3) is 0 Å². The number of rotatable bonds is 1. The van der Waals surface area contributed by atoms with Crippen LogP contribution in [0.4, 0.5) is 11.4 Å². The van der Waals surface area contributed by atoms with Crippen LogP contribution in [0.15, 0.2) is 18.2 Å². The molecular formula is C8H7ClN2O2. The third-order valence-electron chi connectivity index (χ3n) is 2.11. The molecule has 2 rings (SSSR count). The number of hydrogen-bond acceptors (Lipinski definition) is 3. The topological polar surface area (TPSA) is 46.4 Å². The first-order chi connectivity index (χ1) is 6.18. The van der Waals surface area contributed by atoms with Gasteiger partial charge in [-0.1, -0.05) is 0 Å². The lowest BCUT2D eigenvalue weighted by Crippen LogP contribution is -2.04. The zero-order valence-electron chi connectivity index (χ0n) is 6.74. The van der Waals surface area contributed by atoms with E-state index in [4.69, 9.17) is 11.8 Å². The number of benzene rings is 1. The summed E-state index contributed by atoms with van der Waals surface area (Å²) in [6.45, 7) is 0.720. The van der Waals surface area contributed by atoms with Gasteiger partial charge in [-0.15, -0.1) is 0 Å². The molecular weight excluding hydrogens is 192 g/mol. The van der Waals surface area contributed by atoms with Crippen LogP contribution < -0.4 is 4.42 Å². The molecule has 0 unspecified atom stereocenters. The zero-order valence-corrected chi connectivity index (χ0v) is 7.49. The lowest BCUT2D eigenvalue weighted by atomic mass is 10.1. The second kappa shape index (κ2) is 2.88. The van der Waals surface area contributed by atoms with E-state index in [0.717, 1.165) is 24.2 Å². The Bertz CT molecular complexity index is 367. The molecule has 0 fully saturated rings. The second-order valence-corrected chi connectivity index (χ2v) is 3.31. The molecule has 68 valence electrons. The monoisotopic (exact) mass is 198 g/mol. The number of halogens is 1. The van der Waals surface area contributed by atoms with Crippen molar-refractivity contribution < 1.29 is 4.92 Å². The highest BCUT2D eigenvalue weighted by Gasteiger charge is 2.19. The molecule has 5 heteroatoms. The smallest absolute Gasteiger partial charge is 0.269 e. The van der Waals surface area contributed by atoms with Crippen molar-refractivity contribution in [3.05, 3.63) is 33.9 Å². The molecule has 0 saturated carbocycles. The molecule has 0 bridgehead atoms. The fourth-order valence-corrected chi connectivity index (χ4v) is 1.71. The Labute approximate surface area is 80.0 Å². The number of nitro benzene ring substituents is 1. The zero-order chi connectivity index (χ0) is 9.42. The Kier molecular flexibility index (Phi) is 1.84. The molecule has 13 heavy (non-hydrogen) atoms. The van der Waals surface area contributed by atoms with Crippen LogP contribution >= 0.6 is 11.8 Å². The van der Waals surface area contributed by atoms with E-state index >= 15 is 0 Å². The first-order valence-corrected chi connectivity index (χ1v) is 4.23. The van der Waals surface area contributed by atoms with E-state index < -0.39 is 4.92 Å². The van der Waals surface area contributed by atoms with Crippen molar-refractivity contribution in [2.75, 3.05) is 11.0 Å². The second-order valence-electron chi connectivity index (χ2n) is 2.91. The van der Waals surface area contributed by atoms with E-state index in [-0.39, 0.29) is 5.69 Å². The SMILES string of the molecule is O=[N+]([O-])c1ccc2c(c1)CCN2Cl. The van der Waals surface area contributed by atoms with Gasteiger partial charge in [-0.25, -0.2) is 0 Å². The predicted octanol–water partition coefficient (Wildman–Crippen LogP) is 2.11. The van der Waals surface area contributed by atoms with Gasteiger partial charge < -0.3 is 0 Å². The first kappa shape index (κ1) is 8.31. The molecule has 0 saturated heterocycles. The molecule has 1 heterocycles. The van der Waals surface area contributed by atoms with Gasteiger partial charge in [-0.3, -0.25) is 14.5 Å². The maximum atomic E-state index is 10.4. The van der Waals surface area contributed by atoms with E-state index in [9.17, 15) is 10.1 Å². The molecule has 0 aliphatic carbocycles. The summed E-state index contributed by atoms with van der Waals surface area (Å²) in [7, 11) is 0. The highest BCUT2D eigenvalue weighted by molar-refractivity contribution is 6.26. The minimum Gasteiger partial charge on any atom is -0.285 e. The fourth-order valence-electron chi connectivity index (χ4n) is 1.46. The Hall–Kier alpha value is -1.29. The van der Waals surface area contributed by atoms with E-state index in [1.165, 1.54) is 6.07 Å². The van der Waals surface area contributed by atoms with E-state index in [2.05, 4.69) is 0 Å². The Morgan fingerprint density at radius 2 is 2.31 bits per heavy atom. The van der Waals surface area contributed by atoms with Crippen LogP contribution in [0.5, 0.6) is 0 Å². The summed E-state index contributed by atoms with van der Waals surface area (Å²) in [5.74, 6) is 0. The average Bonchev–Trinajstić information content (AvgIpc) is 2.47. The van der Waals surface area contributed by atoms with Crippen LogP contribution in [0.1, 0.15) is 5.56 Å². The minimum atomic E-state index is -0.392. The molecule has 1 aliphatic rings. The molecule has 0 atom stereocenters. The summed E-state index contributed by atoms with van der Waals surface area (Å²) >= 11 is 5.84. The van der Waals surface area contributed by atoms with E-state index in [0.29, 0.717) is 0 Å². The summed E-state index contributed by atoms with van der Waals surface area (Å²) in [5.41, 5.74) is 1.96. The Morgan fingerprint density at radius 3 is 3.00 bits per heavy atom. The predicted molar refractivity (Wildman–Crippen MR) is 50.0 cm³/mol. The molecule has 1 aliphatic heterocycles. The van der Waals surface area contributed by atoms with E-state index in [1.54, 1.807) is 16.6 Å². The quantitative estimate of drug-likeness (QED) is 0.395. The third kappa shape index (κ3) is 1.33. The van der Waals surface area contributed by atoms with Crippen molar-refractivity contribution in [3.8, 4) is 0 Å². The molecule has 1 aromatic carbocycles. The minimum absolute atomic E-state index is 0.130. The van der Waals surface area contributed by atoms with Gasteiger partial charge in [0, 0.05) is 30.5 Å². The van der Waals surface area contributed by atoms with Gasteiger partial charge in [-0.2, -0.15) is 0 Å². The van der Waals surface area contributed by atoms with Gasteiger partial charge in [0.25, 0.3) is 5.69 Å². The summed E-state index contributed by atoms with van der Waals surface area (Å²) < 4.78 is 1.58. The van der Waals surface area contributed by atoms with Crippen LogP contribution in [0.2, 0.25) is 0 Å². The lowest BCUT2D eigenvalue weighted by Gasteiger charge is -2.06. The summed E-state index contributed by atoms with van der Waals surface area (Å²) in [6.07, 6.45) is 0.778. The molecule has 0 N–H and O–H groups in total. The Morgan fingerprint density at radius 1 is 1.54 bits per heavy atom. The number of anilines is 1. The Balaban J connectivity index is 2.45. The van der Waals surface area contributed by atoms with Crippen molar-refractivity contribution in [2.24, 2.45) is 0 Å². The molecule has 0 amide bonds. The van der Waals surface area contributed by atoms with Crippen molar-refractivity contribution in [2.45, 2.75) is 6.42 Å². The standard InChI is InChI=1S/C8H7ClN2O2/c9-10-4-3-6-5-7(11(12)13)1-2-8(6)10/h1-2,5H,3-4H2. The number of fused-ring (bicyclic) bond motifs is 1. The van der Waals surface area contributed by atoms with Crippen molar-refractivity contribution >= 4 is 23.2 Å². The van der Waals surface area contributed by atoms with Crippen molar-refractivity contribution in [1.82, 2.24) is 0 Å². The maximum Gasteiger partial charge on any atom is 0.269 e. The van der Waals surface area contributed by atoms with Gasteiger partial charge in [0.2, 0.25) is 0 Å². The van der Waals surface area contributed by atoms with Gasteiger partial charge in [0.1, 0.15) is 0 Å². The largest absolute Gasteiger partial charge is 0.285 e. The molecule has 0 spiro atoms. The number of nitro groups is 1. The maximum absolute atomic E-state index is 10.4. The van der Waals surface area contributed by atoms with Crippen molar-refractivity contribution in [3.63, 3.8) is 0 Å². The van der Waals surface area contributed by atoms with Gasteiger partial charge >= 0.3 is 0 Å². The van der Waals surface area contributed by atoms with Crippen LogP contribution in [-0.4, -0.2) is 11.5 Å². The molecule has 1 aromatic rings. The highest BCUT2D eigenvalue weighted by atomic mass is 35.5. The van der Waals surface area contributed by atoms with Gasteiger partial charge in [0.15, 0.2) is 0 Å². The summed E-state index contributed by atoms with van der Waals surface area (Å²) in [6, 6.07) is 4.74. The number of hydrogen-bond donors (Lipinski definition) is 0. The van der Waals surface area contributed by atoms with Crippen molar-refractivity contribution in [1.29, 1.82) is 0 Å². The van der Waals surface area contributed by atoms with Crippen LogP contribution in [0.3, 0.4) is 0 Å². The first-order valence-electron chi connectivity index (χ1n) is 3.89. The lowest BCUT2D eigenvalue weighted by molar-refractivity contribution is -0.384. The fraction of sp³-hybridized carbons (Fsp3) is 0.250. The van der Waals surface area contributed by atoms with Crippen LogP contribution in [0, 0.1) is 10.1 Å². The number of non-ortho nitro benzene ring substituents is 1. The van der Waals surface area contributed by atoms with E-state index in [1.807, 2.05) is 0 Å². The van der Waals surface area contributed by atoms with Gasteiger partial charge in [-0.05, 0) is 18.1 Å². The molecule has 0 radical (unpaired) electrons. The molecule has 4 nitrogen and oxygen atoms in total. The number of nitrogens with zero attached hydrogens (tertiary/aromatic N) is 2. The van der Waals surface area contributed by atoms with Gasteiger partial charge in [0.05, 0.1) is 10.6 Å². The normalized spacial score (nSPS) is 14.4. The summed E-state index contributed by atoms with van der Waals surface area (Å²) in [4.78, 5) is 10.0. The third-order valence-corrected chi connectivity index (χ3v) is 2.46. The van der Waals surface area contributed by atoms with Crippen LogP contribution in [-0.2, 0) is 6.42 Å². The molecule has 0 aromatic heterocycles. The average molecular weight is 199 g/mol.